The van der Waals surface area contributed by atoms with Gasteiger partial charge >= 0.3 is 12.2 Å². The van der Waals surface area contributed by atoms with Crippen LogP contribution in [0.2, 0.25) is 0 Å². The zero-order valence-corrected chi connectivity index (χ0v) is 22.6. The molecule has 0 saturated carbocycles. The Morgan fingerprint density at radius 2 is 1.50 bits per heavy atom. The lowest BCUT2D eigenvalue weighted by atomic mass is 10.1. The van der Waals surface area contributed by atoms with Crippen molar-refractivity contribution < 1.29 is 33.0 Å². The van der Waals surface area contributed by atoms with Crippen molar-refractivity contribution in [3.8, 4) is 11.5 Å². The fraction of sp³-hybridized carbons (Fsp3) is 0.300. The second kappa shape index (κ2) is 12.5. The zero-order valence-electron chi connectivity index (χ0n) is 22.6. The number of halogens is 1. The molecule has 0 aromatic heterocycles. The first-order valence-corrected chi connectivity index (χ1v) is 12.9. The summed E-state index contributed by atoms with van der Waals surface area (Å²) in [7, 11) is 0. The first-order chi connectivity index (χ1) is 19.1. The molecule has 9 nitrogen and oxygen atoms in total. The van der Waals surface area contributed by atoms with Crippen molar-refractivity contribution in [3.05, 3.63) is 90.2 Å². The van der Waals surface area contributed by atoms with Crippen LogP contribution in [0.15, 0.2) is 78.9 Å². The van der Waals surface area contributed by atoms with Crippen LogP contribution in [-0.4, -0.2) is 59.2 Å². The van der Waals surface area contributed by atoms with Gasteiger partial charge in [0.15, 0.2) is 0 Å². The summed E-state index contributed by atoms with van der Waals surface area (Å²) in [5.74, 6) is 0.104. The van der Waals surface area contributed by atoms with E-state index in [-0.39, 0.29) is 32.1 Å². The van der Waals surface area contributed by atoms with Gasteiger partial charge in [0, 0.05) is 18.8 Å². The van der Waals surface area contributed by atoms with Gasteiger partial charge in [-0.05, 0) is 74.9 Å². The number of carbonyl (C=O) groups excluding carboxylic acids is 3. The van der Waals surface area contributed by atoms with Gasteiger partial charge in [-0.3, -0.25) is 9.69 Å². The Morgan fingerprint density at radius 3 is 2.12 bits per heavy atom. The average Bonchev–Trinajstić information content (AvgIpc) is 2.93. The van der Waals surface area contributed by atoms with Crippen LogP contribution in [0.1, 0.15) is 26.3 Å². The minimum absolute atomic E-state index is 0.0650. The highest BCUT2D eigenvalue weighted by Gasteiger charge is 2.39. The van der Waals surface area contributed by atoms with Crippen LogP contribution >= 0.6 is 0 Å². The Morgan fingerprint density at radius 1 is 0.875 bits per heavy atom. The number of nitrogens with one attached hydrogen (secondary N) is 1. The standard InChI is InChI=1S/C30H32FN3O6/c1-30(2,3)40-29(37)34-18-17-33(28(36)38-20-21-7-5-4-6-8-21)19-26(34)27(35)32-23-11-15-25(16-12-23)39-24-13-9-22(31)10-14-24/h4-16,26H,17-20H2,1-3H3,(H,32,35). The van der Waals surface area contributed by atoms with Crippen molar-refractivity contribution >= 4 is 23.8 Å². The minimum Gasteiger partial charge on any atom is -0.457 e. The molecule has 1 unspecified atom stereocenters. The highest BCUT2D eigenvalue weighted by molar-refractivity contribution is 5.97. The highest BCUT2D eigenvalue weighted by Crippen LogP contribution is 2.24. The van der Waals surface area contributed by atoms with Crippen LogP contribution in [-0.2, 0) is 20.9 Å². The largest absolute Gasteiger partial charge is 0.457 e. The topological polar surface area (TPSA) is 97.4 Å². The number of benzene rings is 3. The monoisotopic (exact) mass is 549 g/mol. The molecule has 0 radical (unpaired) electrons. The molecule has 1 saturated heterocycles. The maximum atomic E-state index is 13.4. The second-order valence-electron chi connectivity index (χ2n) is 10.2. The summed E-state index contributed by atoms with van der Waals surface area (Å²) in [4.78, 5) is 41.9. The molecule has 40 heavy (non-hydrogen) atoms. The van der Waals surface area contributed by atoms with E-state index in [1.807, 2.05) is 30.3 Å². The highest BCUT2D eigenvalue weighted by atomic mass is 19.1. The molecule has 10 heteroatoms. The summed E-state index contributed by atoms with van der Waals surface area (Å²) >= 11 is 0. The lowest BCUT2D eigenvalue weighted by Crippen LogP contribution is -2.61. The number of hydrogen-bond donors (Lipinski definition) is 1. The van der Waals surface area contributed by atoms with Crippen LogP contribution in [0.3, 0.4) is 0 Å². The molecular formula is C30H32FN3O6. The number of amides is 3. The van der Waals surface area contributed by atoms with Crippen LogP contribution in [0.4, 0.5) is 19.7 Å². The molecule has 1 aliphatic heterocycles. The summed E-state index contributed by atoms with van der Waals surface area (Å²) < 4.78 is 29.8. The summed E-state index contributed by atoms with van der Waals surface area (Å²) in [6.45, 7) is 5.54. The molecule has 1 aliphatic rings. The molecule has 0 spiro atoms. The number of hydrogen-bond acceptors (Lipinski definition) is 6. The molecule has 1 heterocycles. The number of rotatable bonds is 6. The van der Waals surface area contributed by atoms with Gasteiger partial charge < -0.3 is 24.4 Å². The summed E-state index contributed by atoms with van der Waals surface area (Å²) in [5.41, 5.74) is 0.540. The Balaban J connectivity index is 1.43. The third-order valence-electron chi connectivity index (χ3n) is 5.95. The molecule has 3 aromatic carbocycles. The summed E-state index contributed by atoms with van der Waals surface area (Å²) in [5, 5.41) is 2.80. The number of carbonyl (C=O) groups is 3. The van der Waals surface area contributed by atoms with Crippen LogP contribution in [0.5, 0.6) is 11.5 Å². The fourth-order valence-corrected chi connectivity index (χ4v) is 3.99. The van der Waals surface area contributed by atoms with Crippen molar-refractivity contribution in [3.63, 3.8) is 0 Å². The summed E-state index contributed by atoms with van der Waals surface area (Å²) in [6.07, 6.45) is -1.22. The van der Waals surface area contributed by atoms with Crippen molar-refractivity contribution in [1.82, 2.24) is 9.80 Å². The third kappa shape index (κ3) is 7.95. The lowest BCUT2D eigenvalue weighted by Gasteiger charge is -2.40. The summed E-state index contributed by atoms with van der Waals surface area (Å²) in [6, 6.07) is 20.5. The molecule has 1 atom stereocenters. The van der Waals surface area contributed by atoms with Crippen LogP contribution < -0.4 is 10.1 Å². The van der Waals surface area contributed by atoms with Gasteiger partial charge in [-0.25, -0.2) is 14.0 Å². The van der Waals surface area contributed by atoms with E-state index in [1.165, 1.54) is 34.1 Å². The van der Waals surface area contributed by atoms with E-state index in [0.717, 1.165) is 5.56 Å². The van der Waals surface area contributed by atoms with E-state index < -0.39 is 29.7 Å². The smallest absolute Gasteiger partial charge is 0.411 e. The number of ether oxygens (including phenoxy) is 3. The van der Waals surface area contributed by atoms with Crippen molar-refractivity contribution in [2.45, 2.75) is 39.0 Å². The lowest BCUT2D eigenvalue weighted by molar-refractivity contribution is -0.123. The van der Waals surface area contributed by atoms with Crippen molar-refractivity contribution in [2.75, 3.05) is 25.0 Å². The van der Waals surface area contributed by atoms with Gasteiger partial charge in [-0.2, -0.15) is 0 Å². The van der Waals surface area contributed by atoms with E-state index >= 15 is 0 Å². The maximum Gasteiger partial charge on any atom is 0.411 e. The molecule has 1 fully saturated rings. The molecule has 210 valence electrons. The fourth-order valence-electron chi connectivity index (χ4n) is 3.99. The number of nitrogens with zero attached hydrogens (tertiary/aromatic N) is 2. The molecular weight excluding hydrogens is 517 g/mol. The van der Waals surface area contributed by atoms with Crippen molar-refractivity contribution in [1.29, 1.82) is 0 Å². The van der Waals surface area contributed by atoms with E-state index in [2.05, 4.69) is 5.32 Å². The van der Waals surface area contributed by atoms with Gasteiger partial charge in [0.05, 0.1) is 6.54 Å². The predicted molar refractivity (Wildman–Crippen MR) is 146 cm³/mol. The first-order valence-electron chi connectivity index (χ1n) is 12.9. The predicted octanol–water partition coefficient (Wildman–Crippen LogP) is 5.81. The van der Waals surface area contributed by atoms with E-state index in [4.69, 9.17) is 14.2 Å². The second-order valence-corrected chi connectivity index (χ2v) is 10.2. The number of piperazine rings is 1. The Bertz CT molecular complexity index is 1310. The molecule has 3 aromatic rings. The molecule has 4 rings (SSSR count). The molecule has 1 N–H and O–H groups in total. The van der Waals surface area contributed by atoms with Gasteiger partial charge in [0.25, 0.3) is 0 Å². The SMILES string of the molecule is CC(C)(C)OC(=O)N1CCN(C(=O)OCc2ccccc2)CC1C(=O)Nc1ccc(Oc2ccc(F)cc2)cc1. The van der Waals surface area contributed by atoms with E-state index in [0.29, 0.717) is 17.2 Å². The maximum absolute atomic E-state index is 13.4. The van der Waals surface area contributed by atoms with Crippen molar-refractivity contribution in [2.24, 2.45) is 0 Å². The van der Waals surface area contributed by atoms with E-state index in [1.54, 1.807) is 45.0 Å². The van der Waals surface area contributed by atoms with Crippen LogP contribution in [0.25, 0.3) is 0 Å². The number of anilines is 1. The first kappa shape index (κ1) is 28.4. The third-order valence-corrected chi connectivity index (χ3v) is 5.95. The Kier molecular flexibility index (Phi) is 8.88. The van der Waals surface area contributed by atoms with Gasteiger partial charge in [0.2, 0.25) is 5.91 Å². The Labute approximate surface area is 232 Å². The quantitative estimate of drug-likeness (QED) is 0.417. The van der Waals surface area contributed by atoms with E-state index in [9.17, 15) is 18.8 Å². The van der Waals surface area contributed by atoms with Gasteiger partial charge in [0.1, 0.15) is 35.6 Å². The minimum atomic E-state index is -1.01. The Hall–Kier alpha value is -4.60. The normalized spacial score (nSPS) is 15.2. The molecule has 0 bridgehead atoms. The van der Waals surface area contributed by atoms with Crippen LogP contribution in [0, 0.1) is 5.82 Å². The molecule has 3 amide bonds. The molecule has 0 aliphatic carbocycles. The zero-order chi connectivity index (χ0) is 28.7. The van der Waals surface area contributed by atoms with Gasteiger partial charge in [-0.1, -0.05) is 30.3 Å². The average molecular weight is 550 g/mol. The van der Waals surface area contributed by atoms with Gasteiger partial charge in [-0.15, -0.1) is 0 Å².